The Morgan fingerprint density at radius 1 is 1.55 bits per heavy atom. The van der Waals surface area contributed by atoms with Crippen molar-refractivity contribution in [1.29, 1.82) is 0 Å². The normalized spacial score (nSPS) is 18.0. The molecule has 1 aliphatic heterocycles. The maximum absolute atomic E-state index is 12.1. The lowest BCUT2D eigenvalue weighted by atomic mass is 10.2. The molecule has 1 saturated heterocycles. The molecule has 1 fully saturated rings. The second kappa shape index (κ2) is 7.19. The van der Waals surface area contributed by atoms with Crippen LogP contribution in [0.25, 0.3) is 0 Å². The lowest BCUT2D eigenvalue weighted by Gasteiger charge is -2.17. The Bertz CT molecular complexity index is 486. The second-order valence-electron chi connectivity index (χ2n) is 4.70. The zero-order valence-corrected chi connectivity index (χ0v) is 13.6. The van der Waals surface area contributed by atoms with E-state index in [1.807, 2.05) is 6.07 Å². The lowest BCUT2D eigenvalue weighted by Crippen LogP contribution is -2.40. The molecule has 110 valence electrons. The number of ether oxygens (including phenoxy) is 1. The van der Waals surface area contributed by atoms with Crippen LogP contribution in [0.5, 0.6) is 0 Å². The summed E-state index contributed by atoms with van der Waals surface area (Å²) in [5.74, 6) is -0.306. The Hall–Kier alpha value is -0.920. The molecule has 0 radical (unpaired) electrons. The highest BCUT2D eigenvalue weighted by atomic mass is 79.9. The Kier molecular flexibility index (Phi) is 5.56. The summed E-state index contributed by atoms with van der Waals surface area (Å²) in [4.78, 5) is 25.9. The number of hydrogen-bond acceptors (Lipinski definition) is 4. The molecule has 1 aromatic rings. The number of likely N-dealkylation sites (N-methyl/N-ethyl adjacent to an activating group) is 1. The molecule has 2 amide bonds. The zero-order valence-electron chi connectivity index (χ0n) is 11.2. The van der Waals surface area contributed by atoms with E-state index in [9.17, 15) is 9.59 Å². The van der Waals surface area contributed by atoms with E-state index in [0.29, 0.717) is 11.4 Å². The molecular formula is C13H17BrN2O3S. The molecule has 1 atom stereocenters. The molecule has 0 unspecified atom stereocenters. The van der Waals surface area contributed by atoms with Crippen LogP contribution in [0.4, 0.5) is 0 Å². The minimum Gasteiger partial charge on any atom is -0.376 e. The second-order valence-corrected chi connectivity index (χ2v) is 7.17. The first-order chi connectivity index (χ1) is 9.56. The monoisotopic (exact) mass is 360 g/mol. The number of halogens is 1. The number of carbonyl (C=O) groups excluding carboxylic acids is 2. The first-order valence-corrected chi connectivity index (χ1v) is 8.06. The fourth-order valence-electron chi connectivity index (χ4n) is 1.99. The van der Waals surface area contributed by atoms with Crippen LogP contribution in [-0.2, 0) is 9.53 Å². The van der Waals surface area contributed by atoms with Gasteiger partial charge in [-0.2, -0.15) is 0 Å². The minimum absolute atomic E-state index is 0.0566. The molecule has 0 aromatic carbocycles. The molecular weight excluding hydrogens is 344 g/mol. The highest BCUT2D eigenvalue weighted by Crippen LogP contribution is 2.22. The molecule has 2 rings (SSSR count). The van der Waals surface area contributed by atoms with Crippen molar-refractivity contribution in [3.8, 4) is 0 Å². The van der Waals surface area contributed by atoms with Crippen LogP contribution in [-0.4, -0.2) is 49.6 Å². The van der Waals surface area contributed by atoms with Crippen molar-refractivity contribution < 1.29 is 14.3 Å². The molecule has 7 heteroatoms. The Labute approximate surface area is 130 Å². The topological polar surface area (TPSA) is 58.6 Å². The number of nitrogens with one attached hydrogen (secondary N) is 1. The summed E-state index contributed by atoms with van der Waals surface area (Å²) < 4.78 is 6.33. The van der Waals surface area contributed by atoms with Crippen molar-refractivity contribution in [2.45, 2.75) is 18.9 Å². The van der Waals surface area contributed by atoms with Gasteiger partial charge in [0, 0.05) is 20.2 Å². The van der Waals surface area contributed by atoms with Crippen LogP contribution >= 0.6 is 27.3 Å². The van der Waals surface area contributed by atoms with Gasteiger partial charge in [-0.25, -0.2) is 0 Å². The summed E-state index contributed by atoms with van der Waals surface area (Å²) in [6.07, 6.45) is 2.15. The fourth-order valence-corrected chi connectivity index (χ4v) is 3.37. The van der Waals surface area contributed by atoms with Crippen LogP contribution in [0.15, 0.2) is 15.9 Å². The molecule has 20 heavy (non-hydrogen) atoms. The van der Waals surface area contributed by atoms with Crippen molar-refractivity contribution in [2.75, 3.05) is 26.7 Å². The molecule has 1 aliphatic rings. The van der Waals surface area contributed by atoms with Gasteiger partial charge in [-0.05, 0) is 40.9 Å². The standard InChI is InChI=1S/C13H17BrN2O3S/c1-16(13(18)10-4-5-11(14)20-10)8-12(17)15-7-9-3-2-6-19-9/h4-5,9H,2-3,6-8H2,1H3,(H,15,17)/t9-/m1/s1. The van der Waals surface area contributed by atoms with Crippen molar-refractivity contribution in [3.05, 3.63) is 20.8 Å². The highest BCUT2D eigenvalue weighted by Gasteiger charge is 2.19. The van der Waals surface area contributed by atoms with E-state index in [1.165, 1.54) is 16.2 Å². The Morgan fingerprint density at radius 2 is 2.35 bits per heavy atom. The van der Waals surface area contributed by atoms with Crippen LogP contribution in [0.2, 0.25) is 0 Å². The van der Waals surface area contributed by atoms with E-state index < -0.39 is 0 Å². The van der Waals surface area contributed by atoms with Crippen molar-refractivity contribution in [1.82, 2.24) is 10.2 Å². The van der Waals surface area contributed by atoms with E-state index in [-0.39, 0.29) is 24.5 Å². The fraction of sp³-hybridized carbons (Fsp3) is 0.538. The van der Waals surface area contributed by atoms with Gasteiger partial charge in [-0.15, -0.1) is 11.3 Å². The predicted molar refractivity (Wildman–Crippen MR) is 81.0 cm³/mol. The van der Waals surface area contributed by atoms with Crippen molar-refractivity contribution >= 4 is 39.1 Å². The SMILES string of the molecule is CN(CC(=O)NC[C@H]1CCCO1)C(=O)c1ccc(Br)s1. The van der Waals surface area contributed by atoms with E-state index in [4.69, 9.17) is 4.74 Å². The van der Waals surface area contributed by atoms with Gasteiger partial charge in [0.2, 0.25) is 5.91 Å². The zero-order chi connectivity index (χ0) is 14.5. The average Bonchev–Trinajstić information content (AvgIpc) is 3.06. The van der Waals surface area contributed by atoms with Gasteiger partial charge in [0.15, 0.2) is 0 Å². The van der Waals surface area contributed by atoms with Crippen LogP contribution in [0.3, 0.4) is 0 Å². The number of nitrogens with zero attached hydrogens (tertiary/aromatic N) is 1. The van der Waals surface area contributed by atoms with Gasteiger partial charge in [-0.1, -0.05) is 0 Å². The van der Waals surface area contributed by atoms with Crippen molar-refractivity contribution in [3.63, 3.8) is 0 Å². The smallest absolute Gasteiger partial charge is 0.264 e. The number of rotatable bonds is 5. The number of amides is 2. The third-order valence-electron chi connectivity index (χ3n) is 3.06. The third-order valence-corrected chi connectivity index (χ3v) is 4.67. The molecule has 1 N–H and O–H groups in total. The van der Waals surface area contributed by atoms with Gasteiger partial charge in [0.25, 0.3) is 5.91 Å². The summed E-state index contributed by atoms with van der Waals surface area (Å²) in [5.41, 5.74) is 0. The summed E-state index contributed by atoms with van der Waals surface area (Å²) in [6.45, 7) is 1.35. The average molecular weight is 361 g/mol. The first-order valence-electron chi connectivity index (χ1n) is 6.45. The van der Waals surface area contributed by atoms with Gasteiger partial charge < -0.3 is 15.0 Å². The minimum atomic E-state index is -0.160. The van der Waals surface area contributed by atoms with Crippen LogP contribution in [0, 0.1) is 0 Å². The largest absolute Gasteiger partial charge is 0.376 e. The molecule has 0 bridgehead atoms. The molecule has 0 aliphatic carbocycles. The molecule has 0 saturated carbocycles. The Morgan fingerprint density at radius 3 is 2.95 bits per heavy atom. The van der Waals surface area contributed by atoms with E-state index in [0.717, 1.165) is 23.2 Å². The highest BCUT2D eigenvalue weighted by molar-refractivity contribution is 9.11. The summed E-state index contributed by atoms with van der Waals surface area (Å²) >= 11 is 4.68. The van der Waals surface area contributed by atoms with E-state index in [1.54, 1.807) is 13.1 Å². The van der Waals surface area contributed by atoms with Gasteiger partial charge >= 0.3 is 0 Å². The van der Waals surface area contributed by atoms with Crippen LogP contribution in [0.1, 0.15) is 22.5 Å². The maximum atomic E-state index is 12.1. The number of carbonyl (C=O) groups is 2. The molecule has 0 spiro atoms. The molecule has 5 nitrogen and oxygen atoms in total. The van der Waals surface area contributed by atoms with Crippen LogP contribution < -0.4 is 5.32 Å². The summed E-state index contributed by atoms with van der Waals surface area (Å²) in [5, 5.41) is 2.80. The van der Waals surface area contributed by atoms with Gasteiger partial charge in [-0.3, -0.25) is 9.59 Å². The first kappa shape index (κ1) is 15.5. The van der Waals surface area contributed by atoms with Gasteiger partial charge in [0.1, 0.15) is 0 Å². The summed E-state index contributed by atoms with van der Waals surface area (Å²) in [6, 6.07) is 3.57. The summed E-state index contributed by atoms with van der Waals surface area (Å²) in [7, 11) is 1.63. The van der Waals surface area contributed by atoms with E-state index in [2.05, 4.69) is 21.2 Å². The van der Waals surface area contributed by atoms with Gasteiger partial charge in [0.05, 0.1) is 21.3 Å². The maximum Gasteiger partial charge on any atom is 0.264 e. The third kappa shape index (κ3) is 4.29. The number of thiophene rings is 1. The Balaban J connectivity index is 1.76. The van der Waals surface area contributed by atoms with E-state index >= 15 is 0 Å². The van der Waals surface area contributed by atoms with Crippen molar-refractivity contribution in [2.24, 2.45) is 0 Å². The molecule has 2 heterocycles. The lowest BCUT2D eigenvalue weighted by molar-refractivity contribution is -0.122. The number of hydrogen-bond donors (Lipinski definition) is 1. The molecule has 1 aromatic heterocycles. The predicted octanol–water partition coefficient (Wildman–Crippen LogP) is 1.88. The quantitative estimate of drug-likeness (QED) is 0.871.